The van der Waals surface area contributed by atoms with Gasteiger partial charge in [0.15, 0.2) is 5.60 Å². The Bertz CT molecular complexity index is 1560. The number of aliphatic hydroxyl groups is 1. The van der Waals surface area contributed by atoms with Crippen molar-refractivity contribution in [2.75, 3.05) is 7.11 Å². The van der Waals surface area contributed by atoms with E-state index in [9.17, 15) is 5.11 Å². The molecule has 0 radical (unpaired) electrons. The van der Waals surface area contributed by atoms with Gasteiger partial charge in [-0.15, -0.1) is 16.4 Å². The van der Waals surface area contributed by atoms with Gasteiger partial charge in [0.25, 0.3) is 5.88 Å². The minimum atomic E-state index is -1.63. The maximum atomic E-state index is 12.3. The van der Waals surface area contributed by atoms with Gasteiger partial charge in [0.2, 0.25) is 5.75 Å². The summed E-state index contributed by atoms with van der Waals surface area (Å²) in [5.41, 5.74) is 2.62. The van der Waals surface area contributed by atoms with E-state index in [1.807, 2.05) is 31.4 Å². The maximum absolute atomic E-state index is 12.3. The minimum Gasteiger partial charge on any atom is -0.479 e. The summed E-state index contributed by atoms with van der Waals surface area (Å²) in [7, 11) is 1.51. The highest BCUT2D eigenvalue weighted by molar-refractivity contribution is 7.09. The first-order chi connectivity index (χ1) is 17.3. The first-order valence-electron chi connectivity index (χ1n) is 11.1. The molecule has 0 spiro atoms. The van der Waals surface area contributed by atoms with Gasteiger partial charge in [0, 0.05) is 33.9 Å². The molecule has 0 fully saturated rings. The van der Waals surface area contributed by atoms with Gasteiger partial charge in [-0.3, -0.25) is 10.1 Å². The van der Waals surface area contributed by atoms with Gasteiger partial charge >= 0.3 is 0 Å². The lowest BCUT2D eigenvalue weighted by Gasteiger charge is -2.30. The van der Waals surface area contributed by atoms with E-state index in [1.54, 1.807) is 31.3 Å². The molecule has 0 saturated carbocycles. The third kappa shape index (κ3) is 4.06. The van der Waals surface area contributed by atoms with Crippen molar-refractivity contribution in [1.82, 2.24) is 30.4 Å². The molecule has 4 aromatic heterocycles. The molecule has 2 N–H and O–H groups in total. The number of aromatic amines is 1. The highest BCUT2D eigenvalue weighted by Gasteiger charge is 2.39. The highest BCUT2D eigenvalue weighted by atomic mass is 35.5. The van der Waals surface area contributed by atoms with E-state index in [2.05, 4.69) is 30.4 Å². The van der Waals surface area contributed by atoms with Crippen LogP contribution in [0.1, 0.15) is 38.9 Å². The fourth-order valence-electron chi connectivity index (χ4n) is 4.26. The Morgan fingerprint density at radius 2 is 1.94 bits per heavy atom. The van der Waals surface area contributed by atoms with Crippen LogP contribution in [0, 0.1) is 20.8 Å². The van der Waals surface area contributed by atoms with E-state index in [1.165, 1.54) is 18.4 Å². The normalized spacial score (nSPS) is 13.1. The van der Waals surface area contributed by atoms with Gasteiger partial charge in [-0.1, -0.05) is 28.9 Å². The smallest absolute Gasteiger partial charge is 0.258 e. The molecule has 36 heavy (non-hydrogen) atoms. The Morgan fingerprint density at radius 1 is 1.11 bits per heavy atom. The van der Waals surface area contributed by atoms with Crippen molar-refractivity contribution in [2.45, 2.75) is 33.0 Å². The van der Waals surface area contributed by atoms with Gasteiger partial charge in [0.1, 0.15) is 11.6 Å². The lowest BCUT2D eigenvalue weighted by Crippen LogP contribution is -2.31. The molecule has 0 saturated heterocycles. The molecule has 0 aliphatic rings. The average molecular weight is 523 g/mol. The van der Waals surface area contributed by atoms with Crippen LogP contribution >= 0.6 is 22.9 Å². The van der Waals surface area contributed by atoms with Crippen LogP contribution in [0.25, 0.3) is 10.9 Å². The summed E-state index contributed by atoms with van der Waals surface area (Å²) in [5, 5.41) is 26.8. The van der Waals surface area contributed by atoms with Crippen molar-refractivity contribution in [1.29, 1.82) is 0 Å². The van der Waals surface area contributed by atoms with Gasteiger partial charge in [-0.05, 0) is 44.5 Å². The number of fused-ring (bicyclic) bond motifs is 1. The van der Waals surface area contributed by atoms with Crippen LogP contribution < -0.4 is 9.47 Å². The van der Waals surface area contributed by atoms with Gasteiger partial charge in [-0.2, -0.15) is 0 Å². The number of thiazole rings is 1. The van der Waals surface area contributed by atoms with Crippen LogP contribution in [0.15, 0.2) is 41.9 Å². The van der Waals surface area contributed by atoms with E-state index >= 15 is 0 Å². The molecule has 5 rings (SSSR count). The summed E-state index contributed by atoms with van der Waals surface area (Å²) in [6.45, 7) is 5.77. The molecule has 11 heteroatoms. The summed E-state index contributed by atoms with van der Waals surface area (Å²) in [4.78, 5) is 13.4. The molecular formula is C25H23ClN6O3S. The number of nitrogens with zero attached hydrogens (tertiary/aromatic N) is 5. The molecule has 1 unspecified atom stereocenters. The van der Waals surface area contributed by atoms with Gasteiger partial charge in [0.05, 0.1) is 29.0 Å². The second kappa shape index (κ2) is 9.45. The zero-order chi connectivity index (χ0) is 25.4. The number of methoxy groups -OCH3 is 1. The zero-order valence-electron chi connectivity index (χ0n) is 20.0. The number of aryl methyl sites for hydroxylation is 3. The Hall–Kier alpha value is -3.60. The lowest BCUT2D eigenvalue weighted by molar-refractivity contribution is 0.119. The number of pyridine rings is 2. The minimum absolute atomic E-state index is 0.220. The molecule has 1 atom stereocenters. The predicted molar refractivity (Wildman–Crippen MR) is 137 cm³/mol. The summed E-state index contributed by atoms with van der Waals surface area (Å²) in [6.07, 6.45) is 1.71. The van der Waals surface area contributed by atoms with Crippen LogP contribution in [0.4, 0.5) is 0 Å². The van der Waals surface area contributed by atoms with Crippen LogP contribution in [0.5, 0.6) is 11.6 Å². The molecule has 0 aliphatic heterocycles. The van der Waals surface area contributed by atoms with E-state index in [0.717, 1.165) is 10.7 Å². The largest absolute Gasteiger partial charge is 0.479 e. The molecule has 0 aliphatic carbocycles. The number of benzene rings is 1. The Kier molecular flexibility index (Phi) is 6.33. The number of ether oxygens (including phenoxy) is 2. The first kappa shape index (κ1) is 24.1. The number of nitrogens with one attached hydrogen (secondary N) is 1. The summed E-state index contributed by atoms with van der Waals surface area (Å²) < 4.78 is 11.4. The van der Waals surface area contributed by atoms with Crippen LogP contribution in [0.2, 0.25) is 5.02 Å². The molecule has 4 heterocycles. The Balaban J connectivity index is 1.70. The molecule has 5 aromatic rings. The first-order valence-corrected chi connectivity index (χ1v) is 12.3. The van der Waals surface area contributed by atoms with E-state index in [-0.39, 0.29) is 12.5 Å². The number of aromatic nitrogens is 6. The highest BCUT2D eigenvalue weighted by Crippen LogP contribution is 2.43. The summed E-state index contributed by atoms with van der Waals surface area (Å²) in [5.74, 6) is 0.564. The van der Waals surface area contributed by atoms with Gasteiger partial charge in [-0.25, -0.2) is 9.97 Å². The number of H-pyrrole nitrogens is 1. The van der Waals surface area contributed by atoms with Crippen molar-refractivity contribution >= 4 is 33.8 Å². The van der Waals surface area contributed by atoms with Crippen molar-refractivity contribution < 1.29 is 14.6 Å². The van der Waals surface area contributed by atoms with Gasteiger partial charge < -0.3 is 14.6 Å². The quantitative estimate of drug-likeness (QED) is 0.317. The van der Waals surface area contributed by atoms with Crippen LogP contribution in [-0.2, 0) is 12.2 Å². The number of halogens is 1. The zero-order valence-corrected chi connectivity index (χ0v) is 21.6. The Morgan fingerprint density at radius 3 is 2.61 bits per heavy atom. The number of hydrogen-bond donors (Lipinski definition) is 2. The lowest BCUT2D eigenvalue weighted by atomic mass is 9.81. The van der Waals surface area contributed by atoms with Crippen molar-refractivity contribution in [3.63, 3.8) is 0 Å². The SMILES string of the molecule is COc1nc2ccc(C(O)(c3ccc(C)nc3C)c3[nH]nnc3C)cc2c(Cl)c1OCc1nccs1. The monoisotopic (exact) mass is 522 g/mol. The second-order valence-electron chi connectivity index (χ2n) is 8.28. The third-order valence-corrected chi connectivity index (χ3v) is 7.11. The van der Waals surface area contributed by atoms with E-state index in [0.29, 0.717) is 49.9 Å². The third-order valence-electron chi connectivity index (χ3n) is 5.98. The fraction of sp³-hybridized carbons (Fsp3) is 0.240. The van der Waals surface area contributed by atoms with Crippen LogP contribution in [0.3, 0.4) is 0 Å². The molecule has 1 aromatic carbocycles. The van der Waals surface area contributed by atoms with Crippen molar-refractivity contribution in [2.24, 2.45) is 0 Å². The molecule has 184 valence electrons. The standard InChI is InChI=1S/C25H23ClN6O3S/c1-13-5-7-18(14(2)28-13)25(33,23-15(3)30-32-31-23)16-6-8-19-17(11-16)21(26)22(24(29-19)34-4)35-12-20-27-9-10-36-20/h5-11,33H,12H2,1-4H3,(H,30,31,32). The number of rotatable bonds is 7. The fourth-order valence-corrected chi connectivity index (χ4v) is 5.07. The van der Waals surface area contributed by atoms with E-state index < -0.39 is 5.60 Å². The summed E-state index contributed by atoms with van der Waals surface area (Å²) in [6, 6.07) is 9.08. The topological polar surface area (TPSA) is 119 Å². The average Bonchev–Trinajstić information content (AvgIpc) is 3.54. The molecular weight excluding hydrogens is 500 g/mol. The predicted octanol–water partition coefficient (Wildman–Crippen LogP) is 4.65. The van der Waals surface area contributed by atoms with Crippen molar-refractivity contribution in [3.8, 4) is 11.6 Å². The Labute approximate surface area is 216 Å². The molecule has 0 bridgehead atoms. The maximum Gasteiger partial charge on any atom is 0.258 e. The molecule has 0 amide bonds. The summed E-state index contributed by atoms with van der Waals surface area (Å²) >= 11 is 8.33. The van der Waals surface area contributed by atoms with E-state index in [4.69, 9.17) is 21.1 Å². The van der Waals surface area contributed by atoms with Crippen LogP contribution in [-0.4, -0.2) is 42.6 Å². The second-order valence-corrected chi connectivity index (χ2v) is 9.64. The van der Waals surface area contributed by atoms with Crippen molar-refractivity contribution in [3.05, 3.63) is 85.8 Å². The number of hydrogen-bond acceptors (Lipinski definition) is 9. The molecule has 9 nitrogen and oxygen atoms in total.